The summed E-state index contributed by atoms with van der Waals surface area (Å²) in [4.78, 5) is 11.6. The number of fused-ring (bicyclic) bond motifs is 1. The third kappa shape index (κ3) is 2.84. The van der Waals surface area contributed by atoms with Gasteiger partial charge in [0.1, 0.15) is 5.82 Å². The van der Waals surface area contributed by atoms with Crippen LogP contribution in [0.5, 0.6) is 0 Å². The van der Waals surface area contributed by atoms with Crippen LogP contribution in [0.15, 0.2) is 48.7 Å². The van der Waals surface area contributed by atoms with E-state index >= 15 is 0 Å². The van der Waals surface area contributed by atoms with Crippen molar-refractivity contribution in [3.8, 4) is 11.1 Å². The quantitative estimate of drug-likeness (QED) is 0.803. The smallest absolute Gasteiger partial charge is 0.148 e. The molecule has 0 radical (unpaired) electrons. The van der Waals surface area contributed by atoms with Gasteiger partial charge in [-0.3, -0.25) is 4.98 Å². The summed E-state index contributed by atoms with van der Waals surface area (Å²) in [5.41, 5.74) is 11.1. The average molecular weight is 320 g/mol. The molecule has 1 aromatic heterocycles. The number of hydrogen-bond donors (Lipinski definition) is 1. The van der Waals surface area contributed by atoms with E-state index in [1.807, 2.05) is 24.4 Å². The highest BCUT2D eigenvalue weighted by molar-refractivity contribution is 5.83. The topological polar surface area (TPSA) is 64.3 Å². The van der Waals surface area contributed by atoms with Crippen LogP contribution in [0.2, 0.25) is 0 Å². The number of benzene rings is 2. The molecule has 0 bridgehead atoms. The summed E-state index contributed by atoms with van der Waals surface area (Å²) in [5, 5.41) is 0. The molecule has 1 aliphatic rings. The largest absolute Gasteiger partial charge is 0.378 e. The summed E-state index contributed by atoms with van der Waals surface area (Å²) < 4.78 is 5.41. The summed E-state index contributed by atoms with van der Waals surface area (Å²) >= 11 is 0. The molecule has 0 atom stereocenters. The maximum absolute atomic E-state index is 5.88. The lowest BCUT2D eigenvalue weighted by Gasteiger charge is -2.27. The third-order valence-corrected chi connectivity index (χ3v) is 4.41. The van der Waals surface area contributed by atoms with Gasteiger partial charge in [-0.1, -0.05) is 30.3 Å². The van der Waals surface area contributed by atoms with Crippen molar-refractivity contribution in [1.82, 2.24) is 9.97 Å². The molecule has 4 rings (SSSR count). The number of hydrogen-bond acceptors (Lipinski definition) is 5. The normalized spacial score (nSPS) is 15.0. The monoisotopic (exact) mass is 320 g/mol. The van der Waals surface area contributed by atoms with E-state index in [4.69, 9.17) is 15.5 Å². The summed E-state index contributed by atoms with van der Waals surface area (Å²) in [6, 6.07) is 14.4. The van der Waals surface area contributed by atoms with Crippen LogP contribution in [0, 0.1) is 0 Å². The van der Waals surface area contributed by atoms with Gasteiger partial charge in [0.25, 0.3) is 0 Å². The van der Waals surface area contributed by atoms with Gasteiger partial charge >= 0.3 is 0 Å². The molecule has 1 saturated heterocycles. The number of ether oxygens (including phenoxy) is 1. The van der Waals surface area contributed by atoms with Gasteiger partial charge < -0.3 is 15.4 Å². The van der Waals surface area contributed by atoms with Crippen molar-refractivity contribution < 1.29 is 4.74 Å². The summed E-state index contributed by atoms with van der Waals surface area (Å²) in [6.45, 7) is 3.72. The molecule has 1 fully saturated rings. The van der Waals surface area contributed by atoms with Crippen molar-refractivity contribution in [2.75, 3.05) is 31.2 Å². The number of nitrogens with zero attached hydrogens (tertiary/aromatic N) is 3. The van der Waals surface area contributed by atoms with E-state index in [0.717, 1.165) is 59.8 Å². The molecule has 2 heterocycles. The zero-order valence-corrected chi connectivity index (χ0v) is 13.5. The van der Waals surface area contributed by atoms with Crippen LogP contribution in [0.25, 0.3) is 22.2 Å². The van der Waals surface area contributed by atoms with E-state index in [2.05, 4.69) is 34.1 Å². The molecule has 2 aromatic carbocycles. The molecule has 0 saturated carbocycles. The first-order valence-electron chi connectivity index (χ1n) is 8.23. The van der Waals surface area contributed by atoms with Gasteiger partial charge in [0.05, 0.1) is 30.4 Å². The van der Waals surface area contributed by atoms with Gasteiger partial charge in [-0.05, 0) is 28.8 Å². The molecule has 0 unspecified atom stereocenters. The second kappa shape index (κ2) is 6.55. The van der Waals surface area contributed by atoms with Crippen LogP contribution in [-0.4, -0.2) is 36.3 Å². The lowest BCUT2D eigenvalue weighted by molar-refractivity contribution is 0.122. The molecule has 122 valence electrons. The Morgan fingerprint density at radius 2 is 1.88 bits per heavy atom. The number of rotatable bonds is 3. The Labute approximate surface area is 141 Å². The fraction of sp³-hybridized carbons (Fsp3) is 0.263. The highest BCUT2D eigenvalue weighted by atomic mass is 16.5. The van der Waals surface area contributed by atoms with Gasteiger partial charge in [-0.25, -0.2) is 4.98 Å². The Balaban J connectivity index is 1.76. The second-order valence-corrected chi connectivity index (χ2v) is 5.89. The lowest BCUT2D eigenvalue weighted by Crippen LogP contribution is -2.36. The van der Waals surface area contributed by atoms with Crippen molar-refractivity contribution in [3.63, 3.8) is 0 Å². The van der Waals surface area contributed by atoms with Crippen molar-refractivity contribution in [2.45, 2.75) is 6.54 Å². The van der Waals surface area contributed by atoms with Crippen molar-refractivity contribution >= 4 is 16.9 Å². The molecule has 1 aliphatic heterocycles. The molecule has 24 heavy (non-hydrogen) atoms. The van der Waals surface area contributed by atoms with E-state index in [1.165, 1.54) is 0 Å². The minimum atomic E-state index is 0.522. The van der Waals surface area contributed by atoms with Crippen LogP contribution >= 0.6 is 0 Å². The Hall–Kier alpha value is -2.50. The van der Waals surface area contributed by atoms with Crippen molar-refractivity contribution in [2.24, 2.45) is 5.73 Å². The fourth-order valence-corrected chi connectivity index (χ4v) is 3.09. The lowest BCUT2D eigenvalue weighted by atomic mass is 9.99. The maximum atomic E-state index is 5.88. The third-order valence-electron chi connectivity index (χ3n) is 4.41. The van der Waals surface area contributed by atoms with Gasteiger partial charge in [-0.2, -0.15) is 0 Å². The predicted octanol–water partition coefficient (Wildman–Crippen LogP) is 2.59. The standard InChI is InChI=1S/C19H20N4O/c20-12-15-3-1-2-4-16(15)14-5-6-17-18(11-14)22-19(13-21-17)23-7-9-24-10-8-23/h1-6,11,13H,7-10,12,20H2. The number of aromatic nitrogens is 2. The molecule has 5 heteroatoms. The van der Waals surface area contributed by atoms with E-state index < -0.39 is 0 Å². The summed E-state index contributed by atoms with van der Waals surface area (Å²) in [7, 11) is 0. The van der Waals surface area contributed by atoms with Crippen LogP contribution in [0.1, 0.15) is 5.56 Å². The average Bonchev–Trinajstić information content (AvgIpc) is 2.67. The van der Waals surface area contributed by atoms with Gasteiger partial charge in [0.2, 0.25) is 0 Å². The number of nitrogens with two attached hydrogens (primary N) is 1. The van der Waals surface area contributed by atoms with Crippen LogP contribution in [0.3, 0.4) is 0 Å². The number of anilines is 1. The number of morpholine rings is 1. The molecule has 0 aliphatic carbocycles. The van der Waals surface area contributed by atoms with Crippen LogP contribution in [-0.2, 0) is 11.3 Å². The molecule has 3 aromatic rings. The van der Waals surface area contributed by atoms with E-state index in [9.17, 15) is 0 Å². The molecule has 5 nitrogen and oxygen atoms in total. The zero-order chi connectivity index (χ0) is 16.4. The summed E-state index contributed by atoms with van der Waals surface area (Å²) in [5.74, 6) is 0.912. The minimum absolute atomic E-state index is 0.522. The predicted molar refractivity (Wildman–Crippen MR) is 95.9 cm³/mol. The summed E-state index contributed by atoms with van der Waals surface area (Å²) in [6.07, 6.45) is 1.85. The van der Waals surface area contributed by atoms with Gasteiger partial charge in [0.15, 0.2) is 0 Å². The first-order valence-corrected chi connectivity index (χ1v) is 8.23. The molecular formula is C19H20N4O. The highest BCUT2D eigenvalue weighted by Gasteiger charge is 2.13. The van der Waals surface area contributed by atoms with Gasteiger partial charge in [0, 0.05) is 19.6 Å². The first kappa shape index (κ1) is 15.1. The van der Waals surface area contributed by atoms with Crippen molar-refractivity contribution in [1.29, 1.82) is 0 Å². The Kier molecular flexibility index (Phi) is 4.11. The molecular weight excluding hydrogens is 300 g/mol. The van der Waals surface area contributed by atoms with E-state index in [-0.39, 0.29) is 0 Å². The highest BCUT2D eigenvalue weighted by Crippen LogP contribution is 2.27. The Morgan fingerprint density at radius 3 is 2.71 bits per heavy atom. The van der Waals surface area contributed by atoms with Crippen LogP contribution in [0.4, 0.5) is 5.82 Å². The van der Waals surface area contributed by atoms with Crippen molar-refractivity contribution in [3.05, 3.63) is 54.2 Å². The SMILES string of the molecule is NCc1ccccc1-c1ccc2ncc(N3CCOCC3)nc2c1. The van der Waals surface area contributed by atoms with Gasteiger partial charge in [-0.15, -0.1) is 0 Å². The van der Waals surface area contributed by atoms with Crippen LogP contribution < -0.4 is 10.6 Å². The van der Waals surface area contributed by atoms with E-state index in [0.29, 0.717) is 6.54 Å². The van der Waals surface area contributed by atoms with E-state index in [1.54, 1.807) is 0 Å². The Morgan fingerprint density at radius 1 is 1.04 bits per heavy atom. The maximum Gasteiger partial charge on any atom is 0.148 e. The second-order valence-electron chi connectivity index (χ2n) is 5.89. The molecule has 0 amide bonds. The minimum Gasteiger partial charge on any atom is -0.378 e. The molecule has 2 N–H and O–H groups in total. The zero-order valence-electron chi connectivity index (χ0n) is 13.5. The fourth-order valence-electron chi connectivity index (χ4n) is 3.09. The Bertz CT molecular complexity index is 859. The first-order chi connectivity index (χ1) is 11.8. The molecule has 0 spiro atoms.